The summed E-state index contributed by atoms with van der Waals surface area (Å²) in [4.78, 5) is 25.1. The van der Waals surface area contributed by atoms with Crippen LogP contribution in [0.3, 0.4) is 0 Å². The van der Waals surface area contributed by atoms with Crippen molar-refractivity contribution in [1.29, 1.82) is 0 Å². The van der Waals surface area contributed by atoms with E-state index in [-0.39, 0.29) is 24.7 Å². The second-order valence-electron chi connectivity index (χ2n) is 5.39. The van der Waals surface area contributed by atoms with Gasteiger partial charge in [0.15, 0.2) is 0 Å². The summed E-state index contributed by atoms with van der Waals surface area (Å²) in [6.45, 7) is 12.0. The van der Waals surface area contributed by atoms with E-state index >= 15 is 0 Å². The fraction of sp³-hybridized carbons (Fsp3) is 0.857. The normalized spacial score (nSPS) is 10.8. The molecule has 0 fully saturated rings. The molecule has 0 atom stereocenters. The Labute approximate surface area is 111 Å². The van der Waals surface area contributed by atoms with Crippen LogP contribution in [-0.4, -0.2) is 36.5 Å². The van der Waals surface area contributed by atoms with Crippen molar-refractivity contribution in [3.8, 4) is 0 Å². The number of esters is 1. The maximum absolute atomic E-state index is 12.0. The van der Waals surface area contributed by atoms with Gasteiger partial charge in [0.2, 0.25) is 5.91 Å². The highest BCUT2D eigenvalue weighted by molar-refractivity contribution is 5.81. The van der Waals surface area contributed by atoms with E-state index in [0.717, 1.165) is 13.1 Å². The van der Waals surface area contributed by atoms with E-state index in [9.17, 15) is 9.59 Å². The lowest BCUT2D eigenvalue weighted by atomic mass is 10.1. The Balaban J connectivity index is 4.24. The van der Waals surface area contributed by atoms with Gasteiger partial charge in [0, 0.05) is 19.5 Å². The summed E-state index contributed by atoms with van der Waals surface area (Å²) in [6.07, 6.45) is 0.428. The molecule has 4 nitrogen and oxygen atoms in total. The van der Waals surface area contributed by atoms with Crippen LogP contribution in [0.15, 0.2) is 0 Å². The molecule has 0 aromatic carbocycles. The third-order valence-corrected chi connectivity index (χ3v) is 2.37. The van der Waals surface area contributed by atoms with Gasteiger partial charge in [-0.2, -0.15) is 0 Å². The Morgan fingerprint density at radius 2 is 1.50 bits per heavy atom. The molecule has 0 aliphatic carbocycles. The SMILES string of the molecule is CCOC(=O)CCC(=O)N(CC(C)C)CC(C)C. The lowest BCUT2D eigenvalue weighted by molar-refractivity contribution is -0.145. The molecule has 106 valence electrons. The second-order valence-corrected chi connectivity index (χ2v) is 5.39. The standard InChI is InChI=1S/C14H27NO3/c1-6-18-14(17)8-7-13(16)15(9-11(2)3)10-12(4)5/h11-12H,6-10H2,1-5H3. The van der Waals surface area contributed by atoms with Crippen molar-refractivity contribution in [2.45, 2.75) is 47.5 Å². The highest BCUT2D eigenvalue weighted by atomic mass is 16.5. The number of rotatable bonds is 8. The van der Waals surface area contributed by atoms with Gasteiger partial charge in [0.25, 0.3) is 0 Å². The third-order valence-electron chi connectivity index (χ3n) is 2.37. The molecule has 0 aliphatic heterocycles. The van der Waals surface area contributed by atoms with E-state index in [2.05, 4.69) is 27.7 Å². The van der Waals surface area contributed by atoms with E-state index in [1.165, 1.54) is 0 Å². The van der Waals surface area contributed by atoms with Gasteiger partial charge in [-0.3, -0.25) is 9.59 Å². The molecule has 0 saturated heterocycles. The van der Waals surface area contributed by atoms with Crippen LogP contribution in [-0.2, 0) is 14.3 Å². The van der Waals surface area contributed by atoms with Crippen molar-refractivity contribution in [3.05, 3.63) is 0 Å². The molecule has 0 aliphatic rings. The lowest BCUT2D eigenvalue weighted by Gasteiger charge is -2.26. The Hall–Kier alpha value is -1.06. The molecule has 0 radical (unpaired) electrons. The molecular formula is C14H27NO3. The van der Waals surface area contributed by atoms with E-state index < -0.39 is 0 Å². The summed E-state index contributed by atoms with van der Waals surface area (Å²) in [5.74, 6) is 0.635. The van der Waals surface area contributed by atoms with Crippen LogP contribution in [0.25, 0.3) is 0 Å². The molecule has 0 saturated carbocycles. The van der Waals surface area contributed by atoms with Crippen LogP contribution < -0.4 is 0 Å². The van der Waals surface area contributed by atoms with Crippen LogP contribution in [0.5, 0.6) is 0 Å². The molecule has 0 unspecified atom stereocenters. The largest absolute Gasteiger partial charge is 0.466 e. The number of carbonyl (C=O) groups is 2. The average Bonchev–Trinajstić information content (AvgIpc) is 2.24. The van der Waals surface area contributed by atoms with Gasteiger partial charge in [-0.25, -0.2) is 0 Å². The predicted molar refractivity (Wildman–Crippen MR) is 72.1 cm³/mol. The summed E-state index contributed by atoms with van der Waals surface area (Å²) in [5, 5.41) is 0. The average molecular weight is 257 g/mol. The molecular weight excluding hydrogens is 230 g/mol. The Bertz CT molecular complexity index is 252. The first-order valence-electron chi connectivity index (χ1n) is 6.80. The summed E-state index contributed by atoms with van der Waals surface area (Å²) < 4.78 is 4.82. The Kier molecular flexibility index (Phi) is 8.42. The Morgan fingerprint density at radius 1 is 1.00 bits per heavy atom. The minimum atomic E-state index is -0.292. The van der Waals surface area contributed by atoms with Gasteiger partial charge in [0.1, 0.15) is 0 Å². The predicted octanol–water partition coefficient (Wildman–Crippen LogP) is 2.47. The molecule has 0 heterocycles. The number of hydrogen-bond donors (Lipinski definition) is 0. The van der Waals surface area contributed by atoms with Crippen molar-refractivity contribution >= 4 is 11.9 Å². The molecule has 0 N–H and O–H groups in total. The first-order chi connectivity index (χ1) is 8.36. The third kappa shape index (κ3) is 8.09. The van der Waals surface area contributed by atoms with E-state index in [4.69, 9.17) is 4.74 Å². The smallest absolute Gasteiger partial charge is 0.306 e. The molecule has 18 heavy (non-hydrogen) atoms. The molecule has 0 aromatic heterocycles. The minimum Gasteiger partial charge on any atom is -0.466 e. The fourth-order valence-electron chi connectivity index (χ4n) is 1.76. The van der Waals surface area contributed by atoms with Crippen LogP contribution in [0.4, 0.5) is 0 Å². The summed E-state index contributed by atoms with van der Waals surface area (Å²) in [6, 6.07) is 0. The maximum Gasteiger partial charge on any atom is 0.306 e. The van der Waals surface area contributed by atoms with Crippen molar-refractivity contribution in [1.82, 2.24) is 4.90 Å². The quantitative estimate of drug-likeness (QED) is 0.628. The zero-order chi connectivity index (χ0) is 14.1. The second kappa shape index (κ2) is 8.95. The zero-order valence-electron chi connectivity index (χ0n) is 12.4. The molecule has 1 amide bonds. The van der Waals surface area contributed by atoms with Crippen LogP contribution in [0.2, 0.25) is 0 Å². The van der Waals surface area contributed by atoms with Crippen LogP contribution in [0.1, 0.15) is 47.5 Å². The van der Waals surface area contributed by atoms with Gasteiger partial charge in [-0.1, -0.05) is 27.7 Å². The topological polar surface area (TPSA) is 46.6 Å². The van der Waals surface area contributed by atoms with E-state index in [1.54, 1.807) is 6.92 Å². The lowest BCUT2D eigenvalue weighted by Crippen LogP contribution is -2.37. The number of amides is 1. The van der Waals surface area contributed by atoms with Crippen molar-refractivity contribution < 1.29 is 14.3 Å². The summed E-state index contributed by atoms with van der Waals surface area (Å²) in [5.41, 5.74) is 0. The minimum absolute atomic E-state index is 0.0467. The van der Waals surface area contributed by atoms with Gasteiger partial charge < -0.3 is 9.64 Å². The van der Waals surface area contributed by atoms with Crippen molar-refractivity contribution in [2.24, 2.45) is 11.8 Å². The summed E-state index contributed by atoms with van der Waals surface area (Å²) >= 11 is 0. The molecule has 0 bridgehead atoms. The van der Waals surface area contributed by atoms with Gasteiger partial charge in [-0.05, 0) is 18.8 Å². The summed E-state index contributed by atoms with van der Waals surface area (Å²) in [7, 11) is 0. The van der Waals surface area contributed by atoms with Gasteiger partial charge in [-0.15, -0.1) is 0 Å². The fourth-order valence-corrected chi connectivity index (χ4v) is 1.76. The van der Waals surface area contributed by atoms with Crippen LogP contribution in [0, 0.1) is 11.8 Å². The molecule has 0 spiro atoms. The van der Waals surface area contributed by atoms with E-state index in [0.29, 0.717) is 18.4 Å². The highest BCUT2D eigenvalue weighted by Crippen LogP contribution is 2.07. The Morgan fingerprint density at radius 3 is 1.89 bits per heavy atom. The van der Waals surface area contributed by atoms with Crippen molar-refractivity contribution in [3.63, 3.8) is 0 Å². The number of hydrogen-bond acceptors (Lipinski definition) is 3. The zero-order valence-corrected chi connectivity index (χ0v) is 12.4. The molecule has 0 aromatic rings. The van der Waals surface area contributed by atoms with Gasteiger partial charge in [0.05, 0.1) is 13.0 Å². The monoisotopic (exact) mass is 257 g/mol. The first kappa shape index (κ1) is 16.9. The maximum atomic E-state index is 12.0. The van der Waals surface area contributed by atoms with Crippen molar-refractivity contribution in [2.75, 3.05) is 19.7 Å². The van der Waals surface area contributed by atoms with Gasteiger partial charge >= 0.3 is 5.97 Å². The first-order valence-corrected chi connectivity index (χ1v) is 6.80. The van der Waals surface area contributed by atoms with Crippen LogP contribution >= 0.6 is 0 Å². The number of nitrogens with zero attached hydrogens (tertiary/aromatic N) is 1. The molecule has 4 heteroatoms. The molecule has 0 rings (SSSR count). The highest BCUT2D eigenvalue weighted by Gasteiger charge is 2.17. The number of carbonyl (C=O) groups excluding carboxylic acids is 2. The van der Waals surface area contributed by atoms with E-state index in [1.807, 2.05) is 4.90 Å². The number of ether oxygens (including phenoxy) is 1.